The van der Waals surface area contributed by atoms with Crippen molar-refractivity contribution < 1.29 is 8.42 Å². The van der Waals surface area contributed by atoms with Crippen LogP contribution >= 0.6 is 0 Å². The van der Waals surface area contributed by atoms with Crippen molar-refractivity contribution in [3.63, 3.8) is 0 Å². The molecule has 2 aromatic rings. The van der Waals surface area contributed by atoms with Crippen molar-refractivity contribution in [2.24, 2.45) is 5.73 Å². The van der Waals surface area contributed by atoms with Crippen molar-refractivity contribution in [1.29, 1.82) is 0 Å². The molecule has 0 aliphatic carbocycles. The van der Waals surface area contributed by atoms with Crippen molar-refractivity contribution in [3.05, 3.63) is 42.5 Å². The van der Waals surface area contributed by atoms with Gasteiger partial charge in [0.2, 0.25) is 10.0 Å². The predicted molar refractivity (Wildman–Crippen MR) is 82.0 cm³/mol. The molecular formula is C15H20N2O2S. The minimum Gasteiger partial charge on any atom is -0.329 e. The van der Waals surface area contributed by atoms with Crippen molar-refractivity contribution in [2.45, 2.75) is 24.3 Å². The summed E-state index contributed by atoms with van der Waals surface area (Å²) in [4.78, 5) is 0.319. The quantitative estimate of drug-likeness (QED) is 0.939. The molecule has 0 atom stereocenters. The monoisotopic (exact) mass is 292 g/mol. The minimum absolute atomic E-state index is 0.257. The predicted octanol–water partition coefficient (Wildman–Crippen LogP) is 2.20. The Balaban J connectivity index is 2.64. The van der Waals surface area contributed by atoms with E-state index in [1.54, 1.807) is 19.2 Å². The first-order valence-corrected chi connectivity index (χ1v) is 7.91. The molecule has 0 unspecified atom stereocenters. The third kappa shape index (κ3) is 2.44. The molecule has 0 aromatic heterocycles. The highest BCUT2D eigenvalue weighted by molar-refractivity contribution is 7.89. The number of nitrogens with zero attached hydrogens (tertiary/aromatic N) is 1. The van der Waals surface area contributed by atoms with Gasteiger partial charge in [0.15, 0.2) is 0 Å². The largest absolute Gasteiger partial charge is 0.329 e. The van der Waals surface area contributed by atoms with E-state index in [-0.39, 0.29) is 6.54 Å². The normalized spacial score (nSPS) is 13.1. The Morgan fingerprint density at radius 1 is 1.10 bits per heavy atom. The van der Waals surface area contributed by atoms with Gasteiger partial charge in [0, 0.05) is 24.5 Å². The fraction of sp³-hybridized carbons (Fsp3) is 0.333. The van der Waals surface area contributed by atoms with Gasteiger partial charge in [-0.1, -0.05) is 36.4 Å². The molecule has 0 saturated heterocycles. The Hall–Kier alpha value is -1.43. The van der Waals surface area contributed by atoms with E-state index in [1.807, 2.05) is 44.2 Å². The van der Waals surface area contributed by atoms with Gasteiger partial charge in [-0.15, -0.1) is 0 Å². The second-order valence-corrected chi connectivity index (χ2v) is 7.40. The summed E-state index contributed by atoms with van der Waals surface area (Å²) < 4.78 is 27.0. The number of benzene rings is 2. The summed E-state index contributed by atoms with van der Waals surface area (Å²) in [6.07, 6.45) is 0. The molecule has 0 fully saturated rings. The molecule has 0 bridgehead atoms. The van der Waals surface area contributed by atoms with Crippen LogP contribution in [0.15, 0.2) is 47.4 Å². The molecule has 20 heavy (non-hydrogen) atoms. The van der Waals surface area contributed by atoms with Crippen LogP contribution in [-0.2, 0) is 10.0 Å². The van der Waals surface area contributed by atoms with Gasteiger partial charge in [-0.05, 0) is 25.3 Å². The van der Waals surface area contributed by atoms with E-state index in [2.05, 4.69) is 0 Å². The summed E-state index contributed by atoms with van der Waals surface area (Å²) in [5.74, 6) is 0. The van der Waals surface area contributed by atoms with Crippen molar-refractivity contribution >= 4 is 20.8 Å². The van der Waals surface area contributed by atoms with Crippen LogP contribution in [0.5, 0.6) is 0 Å². The van der Waals surface area contributed by atoms with E-state index in [9.17, 15) is 8.42 Å². The average molecular weight is 292 g/mol. The lowest BCUT2D eigenvalue weighted by Gasteiger charge is -2.33. The van der Waals surface area contributed by atoms with Gasteiger partial charge in [0.05, 0.1) is 4.90 Å². The second-order valence-electron chi connectivity index (χ2n) is 5.47. The fourth-order valence-electron chi connectivity index (χ4n) is 2.02. The number of likely N-dealkylation sites (N-methyl/N-ethyl adjacent to an activating group) is 1. The van der Waals surface area contributed by atoms with Crippen LogP contribution in [0.2, 0.25) is 0 Å². The molecule has 0 amide bonds. The van der Waals surface area contributed by atoms with Crippen molar-refractivity contribution in [2.75, 3.05) is 13.6 Å². The summed E-state index contributed by atoms with van der Waals surface area (Å²) in [5, 5.41) is 1.64. The third-order valence-corrected chi connectivity index (χ3v) is 5.87. The zero-order chi connectivity index (χ0) is 15.0. The maximum Gasteiger partial charge on any atom is 0.243 e. The molecule has 2 aromatic carbocycles. The maximum absolute atomic E-state index is 12.8. The molecule has 0 aliphatic heterocycles. The van der Waals surface area contributed by atoms with Crippen LogP contribution in [0, 0.1) is 0 Å². The highest BCUT2D eigenvalue weighted by Crippen LogP contribution is 2.28. The molecule has 0 radical (unpaired) electrons. The molecule has 0 heterocycles. The number of rotatable bonds is 4. The molecule has 2 rings (SSSR count). The van der Waals surface area contributed by atoms with Crippen molar-refractivity contribution in [3.8, 4) is 0 Å². The van der Waals surface area contributed by atoms with Gasteiger partial charge in [-0.2, -0.15) is 4.31 Å². The molecule has 5 heteroatoms. The smallest absolute Gasteiger partial charge is 0.243 e. The summed E-state index contributed by atoms with van der Waals surface area (Å²) in [7, 11) is -2.01. The minimum atomic E-state index is -3.58. The van der Waals surface area contributed by atoms with Crippen LogP contribution in [-0.4, -0.2) is 31.9 Å². The Morgan fingerprint density at radius 2 is 1.70 bits per heavy atom. The summed E-state index contributed by atoms with van der Waals surface area (Å²) >= 11 is 0. The van der Waals surface area contributed by atoms with Crippen LogP contribution in [0.1, 0.15) is 13.8 Å². The zero-order valence-corrected chi connectivity index (χ0v) is 12.8. The zero-order valence-electron chi connectivity index (χ0n) is 12.0. The van der Waals surface area contributed by atoms with Gasteiger partial charge < -0.3 is 5.73 Å². The average Bonchev–Trinajstić information content (AvgIpc) is 2.45. The van der Waals surface area contributed by atoms with Gasteiger partial charge >= 0.3 is 0 Å². The first-order chi connectivity index (χ1) is 9.30. The number of fused-ring (bicyclic) bond motifs is 1. The number of hydrogen-bond acceptors (Lipinski definition) is 3. The van der Waals surface area contributed by atoms with Crippen LogP contribution < -0.4 is 5.73 Å². The van der Waals surface area contributed by atoms with Gasteiger partial charge in [0.25, 0.3) is 0 Å². The Labute approximate surface area is 120 Å². The first-order valence-electron chi connectivity index (χ1n) is 6.47. The van der Waals surface area contributed by atoms with Crippen LogP contribution in [0.3, 0.4) is 0 Å². The lowest BCUT2D eigenvalue weighted by Crippen LogP contribution is -2.49. The second kappa shape index (κ2) is 5.16. The molecule has 0 aliphatic rings. The number of nitrogens with two attached hydrogens (primary N) is 1. The molecule has 0 spiro atoms. The molecular weight excluding hydrogens is 272 g/mol. The maximum atomic E-state index is 12.8. The molecule has 4 nitrogen and oxygen atoms in total. The number of sulfonamides is 1. The van der Waals surface area contributed by atoms with Gasteiger partial charge in [-0.3, -0.25) is 0 Å². The van der Waals surface area contributed by atoms with E-state index in [4.69, 9.17) is 5.73 Å². The highest BCUT2D eigenvalue weighted by atomic mass is 32.2. The van der Waals surface area contributed by atoms with E-state index >= 15 is 0 Å². The van der Waals surface area contributed by atoms with E-state index in [0.29, 0.717) is 4.90 Å². The van der Waals surface area contributed by atoms with Crippen LogP contribution in [0.25, 0.3) is 10.8 Å². The lowest BCUT2D eigenvalue weighted by molar-refractivity contribution is 0.274. The number of hydrogen-bond donors (Lipinski definition) is 1. The summed E-state index contributed by atoms with van der Waals surface area (Å²) in [6, 6.07) is 12.8. The van der Waals surface area contributed by atoms with E-state index in [0.717, 1.165) is 10.8 Å². The molecule has 2 N–H and O–H groups in total. The fourth-order valence-corrected chi connectivity index (χ4v) is 3.76. The summed E-state index contributed by atoms with van der Waals surface area (Å²) in [6.45, 7) is 3.89. The van der Waals surface area contributed by atoms with Crippen molar-refractivity contribution in [1.82, 2.24) is 4.31 Å². The Morgan fingerprint density at radius 3 is 2.35 bits per heavy atom. The van der Waals surface area contributed by atoms with Crippen LogP contribution in [0.4, 0.5) is 0 Å². The van der Waals surface area contributed by atoms with E-state index < -0.39 is 15.6 Å². The Bertz CT molecular complexity index is 718. The molecule has 0 saturated carbocycles. The van der Waals surface area contributed by atoms with Gasteiger partial charge in [0.1, 0.15) is 0 Å². The highest BCUT2D eigenvalue weighted by Gasteiger charge is 2.33. The Kier molecular flexibility index (Phi) is 3.86. The lowest BCUT2D eigenvalue weighted by atomic mass is 10.1. The van der Waals surface area contributed by atoms with Gasteiger partial charge in [-0.25, -0.2) is 8.42 Å². The third-order valence-electron chi connectivity index (χ3n) is 3.74. The summed E-state index contributed by atoms with van der Waals surface area (Å²) in [5.41, 5.74) is 5.06. The van der Waals surface area contributed by atoms with E-state index in [1.165, 1.54) is 4.31 Å². The first kappa shape index (κ1) is 15.0. The molecule has 108 valence electrons. The topological polar surface area (TPSA) is 63.4 Å². The SMILES string of the molecule is CN(C(C)(C)CN)S(=O)(=O)c1cccc2ccccc12. The standard InChI is InChI=1S/C15H20N2O2S/c1-15(2,11-16)17(3)20(18,19)14-10-6-8-12-7-4-5-9-13(12)14/h4-10H,11,16H2,1-3H3.